The van der Waals surface area contributed by atoms with Crippen molar-refractivity contribution in [3.05, 3.63) is 0 Å². The van der Waals surface area contributed by atoms with Crippen LogP contribution in [0.15, 0.2) is 0 Å². The molecular formula is C13H24N2OS. The Morgan fingerprint density at radius 2 is 2.35 bits per heavy atom. The van der Waals surface area contributed by atoms with Gasteiger partial charge in [0.15, 0.2) is 0 Å². The first-order valence-corrected chi connectivity index (χ1v) is 7.88. The first-order valence-electron chi connectivity index (χ1n) is 6.83. The normalized spacial score (nSPS) is 34.0. The molecule has 2 fully saturated rings. The Bertz CT molecular complexity index is 277. The molecule has 2 aliphatic heterocycles. The number of hydrogen-bond donors (Lipinski definition) is 1. The number of carbonyl (C=O) groups excluding carboxylic acids is 1. The molecule has 98 valence electrons. The quantitative estimate of drug-likeness (QED) is 0.834. The van der Waals surface area contributed by atoms with Gasteiger partial charge >= 0.3 is 0 Å². The monoisotopic (exact) mass is 256 g/mol. The van der Waals surface area contributed by atoms with Gasteiger partial charge in [-0.05, 0) is 25.8 Å². The van der Waals surface area contributed by atoms with Gasteiger partial charge in [-0.1, -0.05) is 13.8 Å². The summed E-state index contributed by atoms with van der Waals surface area (Å²) in [6.45, 7) is 8.16. The van der Waals surface area contributed by atoms with Gasteiger partial charge in [0, 0.05) is 30.6 Å². The van der Waals surface area contributed by atoms with Crippen LogP contribution in [0.2, 0.25) is 0 Å². The maximum absolute atomic E-state index is 12.7. The van der Waals surface area contributed by atoms with Crippen LogP contribution < -0.4 is 5.32 Å². The van der Waals surface area contributed by atoms with Gasteiger partial charge in [-0.3, -0.25) is 4.79 Å². The highest BCUT2D eigenvalue weighted by atomic mass is 32.2. The third kappa shape index (κ3) is 2.63. The summed E-state index contributed by atoms with van der Waals surface area (Å²) in [5.74, 6) is 1.51. The fraction of sp³-hybridized carbons (Fsp3) is 0.923. The van der Waals surface area contributed by atoms with Crippen molar-refractivity contribution in [3.63, 3.8) is 0 Å². The zero-order chi connectivity index (χ0) is 12.3. The van der Waals surface area contributed by atoms with Gasteiger partial charge in [-0.15, -0.1) is 0 Å². The SMILES string of the molecule is CCC1CN(C(=O)C2(CC)CCNC2)CCS1. The molecule has 0 aromatic carbocycles. The summed E-state index contributed by atoms with van der Waals surface area (Å²) < 4.78 is 0. The molecule has 0 bridgehead atoms. The summed E-state index contributed by atoms with van der Waals surface area (Å²) in [6.07, 6.45) is 3.16. The van der Waals surface area contributed by atoms with E-state index >= 15 is 0 Å². The van der Waals surface area contributed by atoms with E-state index in [1.54, 1.807) is 0 Å². The summed E-state index contributed by atoms with van der Waals surface area (Å²) in [4.78, 5) is 14.8. The van der Waals surface area contributed by atoms with E-state index in [-0.39, 0.29) is 5.41 Å². The highest BCUT2D eigenvalue weighted by Crippen LogP contribution is 2.33. The zero-order valence-corrected chi connectivity index (χ0v) is 11.8. The Labute approximate surface area is 109 Å². The van der Waals surface area contributed by atoms with E-state index in [4.69, 9.17) is 0 Å². The number of hydrogen-bond acceptors (Lipinski definition) is 3. The lowest BCUT2D eigenvalue weighted by molar-refractivity contribution is -0.141. The van der Waals surface area contributed by atoms with Gasteiger partial charge in [0.25, 0.3) is 0 Å². The second-order valence-corrected chi connectivity index (χ2v) is 6.62. The number of rotatable bonds is 3. The Balaban J connectivity index is 2.03. The second kappa shape index (κ2) is 5.61. The van der Waals surface area contributed by atoms with Crippen LogP contribution in [0.1, 0.15) is 33.1 Å². The smallest absolute Gasteiger partial charge is 0.230 e. The molecule has 2 atom stereocenters. The highest BCUT2D eigenvalue weighted by molar-refractivity contribution is 8.00. The minimum Gasteiger partial charge on any atom is -0.340 e. The summed E-state index contributed by atoms with van der Waals surface area (Å²) in [7, 11) is 0. The van der Waals surface area contributed by atoms with E-state index in [1.807, 2.05) is 11.8 Å². The predicted molar refractivity (Wildman–Crippen MR) is 73.3 cm³/mol. The van der Waals surface area contributed by atoms with Crippen LogP contribution in [0.4, 0.5) is 0 Å². The molecule has 1 amide bonds. The summed E-state index contributed by atoms with van der Waals surface area (Å²) >= 11 is 2.02. The lowest BCUT2D eigenvalue weighted by Crippen LogP contribution is -2.50. The average molecular weight is 256 g/mol. The molecule has 2 heterocycles. The Morgan fingerprint density at radius 3 is 2.94 bits per heavy atom. The van der Waals surface area contributed by atoms with Crippen molar-refractivity contribution in [2.75, 3.05) is 31.9 Å². The number of nitrogens with one attached hydrogen (secondary N) is 1. The molecule has 2 aliphatic rings. The minimum atomic E-state index is -0.0969. The van der Waals surface area contributed by atoms with Crippen molar-refractivity contribution in [3.8, 4) is 0 Å². The number of amides is 1. The van der Waals surface area contributed by atoms with E-state index in [0.29, 0.717) is 11.2 Å². The molecule has 2 saturated heterocycles. The van der Waals surface area contributed by atoms with Crippen molar-refractivity contribution in [1.29, 1.82) is 0 Å². The standard InChI is InChI=1S/C13H24N2OS/c1-3-11-9-15(7-8-17-11)12(16)13(4-2)5-6-14-10-13/h11,14H,3-10H2,1-2H3. The molecule has 0 spiro atoms. The molecule has 0 aromatic rings. The van der Waals surface area contributed by atoms with Crippen molar-refractivity contribution < 1.29 is 4.79 Å². The number of nitrogens with zero attached hydrogens (tertiary/aromatic N) is 1. The molecule has 0 saturated carbocycles. The maximum Gasteiger partial charge on any atom is 0.230 e. The Kier molecular flexibility index (Phi) is 4.36. The minimum absolute atomic E-state index is 0.0969. The average Bonchev–Trinajstić information content (AvgIpc) is 2.88. The predicted octanol–water partition coefficient (Wildman–Crippen LogP) is 1.73. The van der Waals surface area contributed by atoms with E-state index in [9.17, 15) is 4.79 Å². The van der Waals surface area contributed by atoms with Crippen LogP contribution in [0.3, 0.4) is 0 Å². The van der Waals surface area contributed by atoms with Gasteiger partial charge in [-0.2, -0.15) is 11.8 Å². The highest BCUT2D eigenvalue weighted by Gasteiger charge is 2.42. The molecule has 0 radical (unpaired) electrons. The molecule has 0 aromatic heterocycles. The number of thioether (sulfide) groups is 1. The van der Waals surface area contributed by atoms with Crippen molar-refractivity contribution in [1.82, 2.24) is 10.2 Å². The van der Waals surface area contributed by atoms with Crippen LogP contribution in [-0.2, 0) is 4.79 Å². The number of carbonyl (C=O) groups is 1. The van der Waals surface area contributed by atoms with Gasteiger partial charge < -0.3 is 10.2 Å². The van der Waals surface area contributed by atoms with Crippen LogP contribution >= 0.6 is 11.8 Å². The first-order chi connectivity index (χ1) is 8.22. The van der Waals surface area contributed by atoms with E-state index in [0.717, 1.165) is 44.8 Å². The van der Waals surface area contributed by atoms with Crippen LogP contribution in [0.5, 0.6) is 0 Å². The van der Waals surface area contributed by atoms with Crippen LogP contribution in [0, 0.1) is 5.41 Å². The molecule has 2 rings (SSSR count). The molecule has 3 nitrogen and oxygen atoms in total. The fourth-order valence-electron chi connectivity index (χ4n) is 2.87. The zero-order valence-electron chi connectivity index (χ0n) is 11.0. The summed E-state index contributed by atoms with van der Waals surface area (Å²) in [6, 6.07) is 0. The lowest BCUT2D eigenvalue weighted by atomic mass is 9.82. The van der Waals surface area contributed by atoms with E-state index < -0.39 is 0 Å². The first kappa shape index (κ1) is 13.2. The third-order valence-electron chi connectivity index (χ3n) is 4.26. The third-order valence-corrected chi connectivity index (χ3v) is 5.63. The van der Waals surface area contributed by atoms with Crippen molar-refractivity contribution >= 4 is 17.7 Å². The van der Waals surface area contributed by atoms with E-state index in [1.165, 1.54) is 6.42 Å². The van der Waals surface area contributed by atoms with Gasteiger partial charge in [-0.25, -0.2) is 0 Å². The van der Waals surface area contributed by atoms with Crippen molar-refractivity contribution in [2.45, 2.75) is 38.4 Å². The largest absolute Gasteiger partial charge is 0.340 e. The van der Waals surface area contributed by atoms with Crippen LogP contribution in [-0.4, -0.2) is 48.0 Å². The molecule has 4 heteroatoms. The molecular weight excluding hydrogens is 232 g/mol. The molecule has 0 aliphatic carbocycles. The van der Waals surface area contributed by atoms with Gasteiger partial charge in [0.1, 0.15) is 0 Å². The molecule has 2 unspecified atom stereocenters. The fourth-order valence-corrected chi connectivity index (χ4v) is 4.05. The summed E-state index contributed by atoms with van der Waals surface area (Å²) in [5, 5.41) is 4.01. The van der Waals surface area contributed by atoms with E-state index in [2.05, 4.69) is 24.1 Å². The maximum atomic E-state index is 12.7. The lowest BCUT2D eigenvalue weighted by Gasteiger charge is -2.38. The van der Waals surface area contributed by atoms with Crippen molar-refractivity contribution in [2.24, 2.45) is 5.41 Å². The Morgan fingerprint density at radius 1 is 1.53 bits per heavy atom. The second-order valence-electron chi connectivity index (χ2n) is 5.21. The van der Waals surface area contributed by atoms with Gasteiger partial charge in [0.05, 0.1) is 5.41 Å². The van der Waals surface area contributed by atoms with Crippen LogP contribution in [0.25, 0.3) is 0 Å². The summed E-state index contributed by atoms with van der Waals surface area (Å²) in [5.41, 5.74) is -0.0969. The molecule has 17 heavy (non-hydrogen) atoms. The topological polar surface area (TPSA) is 32.3 Å². The molecule has 1 N–H and O–H groups in total. The van der Waals surface area contributed by atoms with Gasteiger partial charge in [0.2, 0.25) is 5.91 Å². The Hall–Kier alpha value is -0.220.